The van der Waals surface area contributed by atoms with Gasteiger partial charge in [0.25, 0.3) is 0 Å². The van der Waals surface area contributed by atoms with E-state index < -0.39 is 19.9 Å². The Morgan fingerprint density at radius 2 is 1.89 bits per heavy atom. The van der Waals surface area contributed by atoms with Crippen LogP contribution >= 0.6 is 0 Å². The van der Waals surface area contributed by atoms with Crippen molar-refractivity contribution in [3.8, 4) is 0 Å². The van der Waals surface area contributed by atoms with E-state index in [1.807, 2.05) is 0 Å². The van der Waals surface area contributed by atoms with Crippen LogP contribution in [0.2, 0.25) is 0 Å². The largest absolute Gasteiger partial charge is 0.240 e. The van der Waals surface area contributed by atoms with Gasteiger partial charge in [0.15, 0.2) is 9.84 Å². The predicted molar refractivity (Wildman–Crippen MR) is 68.4 cm³/mol. The molecule has 1 saturated heterocycles. The van der Waals surface area contributed by atoms with Gasteiger partial charge in [0.05, 0.1) is 16.4 Å². The molecule has 1 unspecified atom stereocenters. The highest BCUT2D eigenvalue weighted by Gasteiger charge is 2.28. The summed E-state index contributed by atoms with van der Waals surface area (Å²) in [6.45, 7) is 0.177. The van der Waals surface area contributed by atoms with Crippen molar-refractivity contribution in [1.29, 1.82) is 0 Å². The molecule has 1 fully saturated rings. The molecule has 1 aromatic rings. The van der Waals surface area contributed by atoms with Gasteiger partial charge in [0, 0.05) is 6.54 Å². The molecule has 1 N–H and O–H groups in total. The summed E-state index contributed by atoms with van der Waals surface area (Å²) in [6, 6.07) is 8.05. The average Bonchev–Trinajstić information content (AvgIpc) is 2.68. The highest BCUT2D eigenvalue weighted by Crippen LogP contribution is 2.18. The first kappa shape index (κ1) is 13.5. The molecule has 0 spiro atoms. The summed E-state index contributed by atoms with van der Waals surface area (Å²) in [4.78, 5) is 0.200. The van der Waals surface area contributed by atoms with E-state index in [1.54, 1.807) is 18.2 Å². The molecule has 2 rings (SSSR count). The number of hydrogen-bond acceptors (Lipinski definition) is 4. The average molecular weight is 289 g/mol. The van der Waals surface area contributed by atoms with E-state index in [0.717, 1.165) is 0 Å². The van der Waals surface area contributed by atoms with Gasteiger partial charge in [-0.15, -0.1) is 0 Å². The second kappa shape index (κ2) is 4.99. The van der Waals surface area contributed by atoms with Crippen molar-refractivity contribution in [3.63, 3.8) is 0 Å². The van der Waals surface area contributed by atoms with E-state index >= 15 is 0 Å². The number of sulfonamides is 1. The Bertz CT molecular complexity index is 608. The van der Waals surface area contributed by atoms with E-state index in [0.29, 0.717) is 6.42 Å². The van der Waals surface area contributed by atoms with Crippen LogP contribution in [0.25, 0.3) is 0 Å². The lowest BCUT2D eigenvalue weighted by atomic mass is 10.1. The van der Waals surface area contributed by atoms with Gasteiger partial charge in [-0.3, -0.25) is 0 Å². The molecular formula is C11H15NO4S2. The number of sulfone groups is 1. The summed E-state index contributed by atoms with van der Waals surface area (Å²) in [7, 11) is -6.49. The highest BCUT2D eigenvalue weighted by atomic mass is 32.2. The van der Waals surface area contributed by atoms with Gasteiger partial charge in [-0.2, -0.15) is 0 Å². The van der Waals surface area contributed by atoms with Crippen LogP contribution in [0.5, 0.6) is 0 Å². The van der Waals surface area contributed by atoms with Crippen LogP contribution in [0.15, 0.2) is 35.2 Å². The minimum Gasteiger partial charge on any atom is -0.229 e. The normalized spacial score (nSPS) is 23.0. The van der Waals surface area contributed by atoms with Crippen molar-refractivity contribution in [2.45, 2.75) is 11.3 Å². The van der Waals surface area contributed by atoms with Crippen LogP contribution in [0.4, 0.5) is 0 Å². The molecule has 0 aliphatic carbocycles. The van der Waals surface area contributed by atoms with Crippen LogP contribution in [0.3, 0.4) is 0 Å². The van der Waals surface area contributed by atoms with E-state index in [9.17, 15) is 16.8 Å². The number of hydrogen-bond donors (Lipinski definition) is 1. The molecule has 0 radical (unpaired) electrons. The highest BCUT2D eigenvalue weighted by molar-refractivity contribution is 7.91. The summed E-state index contributed by atoms with van der Waals surface area (Å²) in [5, 5.41) is 0. The number of nitrogens with one attached hydrogen (secondary N) is 1. The van der Waals surface area contributed by atoms with E-state index in [4.69, 9.17) is 0 Å². The van der Waals surface area contributed by atoms with Gasteiger partial charge in [-0.25, -0.2) is 21.6 Å². The van der Waals surface area contributed by atoms with Crippen molar-refractivity contribution >= 4 is 19.9 Å². The second-order valence-corrected chi connectivity index (χ2v) is 8.43. The lowest BCUT2D eigenvalue weighted by molar-refractivity contribution is 0.543. The zero-order valence-electron chi connectivity index (χ0n) is 9.74. The Morgan fingerprint density at radius 3 is 2.44 bits per heavy atom. The van der Waals surface area contributed by atoms with Crippen LogP contribution in [-0.4, -0.2) is 34.9 Å². The van der Waals surface area contributed by atoms with Crippen molar-refractivity contribution < 1.29 is 16.8 Å². The summed E-state index contributed by atoms with van der Waals surface area (Å²) >= 11 is 0. The molecule has 0 aromatic heterocycles. The Kier molecular flexibility index (Phi) is 3.74. The van der Waals surface area contributed by atoms with Crippen molar-refractivity contribution in [2.75, 3.05) is 18.1 Å². The predicted octanol–water partition coefficient (Wildman–Crippen LogP) is 0.400. The first-order valence-corrected chi connectivity index (χ1v) is 8.95. The fourth-order valence-corrected chi connectivity index (χ4v) is 4.94. The SMILES string of the molecule is O=S1(=O)CCC(CNS(=O)(=O)c2ccccc2)C1. The standard InChI is InChI=1S/C11H15NO4S2/c13-17(14)7-6-10(9-17)8-12-18(15,16)11-4-2-1-3-5-11/h1-5,10,12H,6-9H2. The third kappa shape index (κ3) is 3.30. The Morgan fingerprint density at radius 1 is 1.22 bits per heavy atom. The first-order valence-electron chi connectivity index (χ1n) is 5.64. The van der Waals surface area contributed by atoms with Crippen LogP contribution in [-0.2, 0) is 19.9 Å². The van der Waals surface area contributed by atoms with Crippen LogP contribution in [0.1, 0.15) is 6.42 Å². The molecule has 0 amide bonds. The van der Waals surface area contributed by atoms with Crippen molar-refractivity contribution in [1.82, 2.24) is 4.72 Å². The molecule has 1 aliphatic heterocycles. The smallest absolute Gasteiger partial charge is 0.229 e. The molecule has 0 saturated carbocycles. The number of rotatable bonds is 4. The second-order valence-electron chi connectivity index (χ2n) is 4.43. The van der Waals surface area contributed by atoms with Gasteiger partial charge >= 0.3 is 0 Å². The summed E-state index contributed by atoms with van der Waals surface area (Å²) in [5.74, 6) is 0.114. The molecule has 1 aromatic carbocycles. The Balaban J connectivity index is 1.99. The van der Waals surface area contributed by atoms with Crippen molar-refractivity contribution in [3.05, 3.63) is 30.3 Å². The monoisotopic (exact) mass is 289 g/mol. The topological polar surface area (TPSA) is 80.3 Å². The third-order valence-corrected chi connectivity index (χ3v) is 6.22. The van der Waals surface area contributed by atoms with Gasteiger partial charge in [0.2, 0.25) is 10.0 Å². The van der Waals surface area contributed by atoms with Crippen LogP contribution in [0, 0.1) is 5.92 Å². The van der Waals surface area contributed by atoms with Gasteiger partial charge in [-0.1, -0.05) is 18.2 Å². The summed E-state index contributed by atoms with van der Waals surface area (Å²) in [5.41, 5.74) is 0. The van der Waals surface area contributed by atoms with Gasteiger partial charge in [-0.05, 0) is 24.5 Å². The molecule has 1 heterocycles. The first-order chi connectivity index (χ1) is 8.39. The quantitative estimate of drug-likeness (QED) is 0.870. The van der Waals surface area contributed by atoms with Crippen LogP contribution < -0.4 is 4.72 Å². The molecule has 1 aliphatic rings. The van der Waals surface area contributed by atoms with Crippen molar-refractivity contribution in [2.24, 2.45) is 5.92 Å². The maximum atomic E-state index is 11.9. The van der Waals surface area contributed by atoms with E-state index in [-0.39, 0.29) is 28.9 Å². The zero-order chi connectivity index (χ0) is 13.2. The van der Waals surface area contributed by atoms with Gasteiger partial charge < -0.3 is 0 Å². The Labute approximate surface area is 107 Å². The molecular weight excluding hydrogens is 274 g/mol. The third-order valence-electron chi connectivity index (χ3n) is 2.94. The summed E-state index contributed by atoms with van der Waals surface area (Å²) in [6.07, 6.45) is 0.527. The Hall–Kier alpha value is -0.920. The number of benzene rings is 1. The lowest BCUT2D eigenvalue weighted by Gasteiger charge is -2.10. The molecule has 18 heavy (non-hydrogen) atoms. The minimum absolute atomic E-state index is 0.0737. The lowest BCUT2D eigenvalue weighted by Crippen LogP contribution is -2.29. The fourth-order valence-electron chi connectivity index (χ4n) is 1.94. The minimum atomic E-state index is -3.53. The molecule has 0 bridgehead atoms. The fraction of sp³-hybridized carbons (Fsp3) is 0.455. The molecule has 1 atom stereocenters. The zero-order valence-corrected chi connectivity index (χ0v) is 11.4. The van der Waals surface area contributed by atoms with Gasteiger partial charge in [0.1, 0.15) is 0 Å². The molecule has 5 nitrogen and oxygen atoms in total. The maximum Gasteiger partial charge on any atom is 0.240 e. The maximum absolute atomic E-state index is 11.9. The van der Waals surface area contributed by atoms with E-state index in [1.165, 1.54) is 12.1 Å². The molecule has 7 heteroatoms. The molecule has 100 valence electrons. The van der Waals surface area contributed by atoms with E-state index in [2.05, 4.69) is 4.72 Å². The summed E-state index contributed by atoms with van der Waals surface area (Å²) < 4.78 is 48.8.